The number of hydrogen-bond acceptors (Lipinski definition) is 5. The lowest BCUT2D eigenvalue weighted by molar-refractivity contribution is 0.306. The van der Waals surface area contributed by atoms with Crippen LogP contribution in [0.2, 0.25) is 0 Å². The van der Waals surface area contributed by atoms with E-state index in [1.54, 1.807) is 7.11 Å². The van der Waals surface area contributed by atoms with E-state index in [0.29, 0.717) is 15.9 Å². The van der Waals surface area contributed by atoms with E-state index in [4.69, 9.17) is 14.5 Å². The van der Waals surface area contributed by atoms with Crippen LogP contribution in [0.3, 0.4) is 0 Å². The van der Waals surface area contributed by atoms with E-state index < -0.39 is 0 Å². The number of rotatable bonds is 6. The summed E-state index contributed by atoms with van der Waals surface area (Å²) in [6.07, 6.45) is 3.76. The van der Waals surface area contributed by atoms with Crippen molar-refractivity contribution >= 4 is 33.9 Å². The van der Waals surface area contributed by atoms with E-state index in [0.717, 1.165) is 63.1 Å². The van der Waals surface area contributed by atoms with Crippen LogP contribution in [-0.2, 0) is 13.0 Å². The van der Waals surface area contributed by atoms with Gasteiger partial charge in [-0.3, -0.25) is 9.36 Å². The monoisotopic (exact) mass is 606 g/mol. The normalized spacial score (nSPS) is 15.7. The number of methoxy groups -OCH3 is 1. The molecule has 45 heavy (non-hydrogen) atoms. The standard InChI is InChI=1S/C39H30N2O3S/c1-43-29-19-15-28(16-20-29)37-32-21-17-27-12-6-8-14-31(27)36(32)40-39-41(37)38(42)35(45-39)23-33-30-13-7-5-11-26(30)18-22-34(33)44-24-25-9-3-2-4-10-25/h2-16,18-20,22-23,37H,17,21,24H2,1H3/b35-23-/t37-/m1/s1. The first kappa shape index (κ1) is 27.4. The number of thiazole rings is 1. The molecule has 2 aliphatic rings. The summed E-state index contributed by atoms with van der Waals surface area (Å²) in [6.45, 7) is 0.435. The van der Waals surface area contributed by atoms with Crippen molar-refractivity contribution in [2.24, 2.45) is 4.99 Å². The molecule has 0 radical (unpaired) electrons. The highest BCUT2D eigenvalue weighted by atomic mass is 32.1. The lowest BCUT2D eigenvalue weighted by Crippen LogP contribution is -2.38. The highest BCUT2D eigenvalue weighted by Gasteiger charge is 2.32. The van der Waals surface area contributed by atoms with Crippen molar-refractivity contribution in [3.05, 3.63) is 168 Å². The Bertz CT molecular complexity index is 2280. The van der Waals surface area contributed by atoms with Crippen LogP contribution in [0.5, 0.6) is 11.5 Å². The highest BCUT2D eigenvalue weighted by Crippen LogP contribution is 2.41. The molecular formula is C39H30N2O3S. The van der Waals surface area contributed by atoms with Gasteiger partial charge in [-0.1, -0.05) is 108 Å². The molecule has 220 valence electrons. The van der Waals surface area contributed by atoms with Crippen LogP contribution in [0.25, 0.3) is 22.5 Å². The van der Waals surface area contributed by atoms with Gasteiger partial charge in [-0.15, -0.1) is 0 Å². The molecule has 0 fully saturated rings. The second kappa shape index (κ2) is 11.4. The van der Waals surface area contributed by atoms with Gasteiger partial charge in [0.25, 0.3) is 5.56 Å². The topological polar surface area (TPSA) is 52.8 Å². The number of nitrogens with zero attached hydrogens (tertiary/aromatic N) is 2. The lowest BCUT2D eigenvalue weighted by Gasteiger charge is -2.30. The third-order valence-corrected chi connectivity index (χ3v) is 9.73. The molecule has 0 saturated heterocycles. The quantitative estimate of drug-likeness (QED) is 0.204. The van der Waals surface area contributed by atoms with E-state index in [1.807, 2.05) is 59.2 Å². The lowest BCUT2D eigenvalue weighted by atomic mass is 9.83. The SMILES string of the molecule is COc1ccc([C@@H]2C3=C(N=c4s/c(=C\c5c(OCc6ccccc6)ccc6ccccc56)c(=O)n42)c2ccccc2CC3)cc1. The highest BCUT2D eigenvalue weighted by molar-refractivity contribution is 7.07. The van der Waals surface area contributed by atoms with E-state index in [9.17, 15) is 4.79 Å². The van der Waals surface area contributed by atoms with Crippen LogP contribution in [-0.4, -0.2) is 11.7 Å². The fourth-order valence-electron chi connectivity index (χ4n) is 6.53. The molecule has 1 aliphatic carbocycles. The second-order valence-electron chi connectivity index (χ2n) is 11.4. The van der Waals surface area contributed by atoms with Gasteiger partial charge in [0.1, 0.15) is 18.1 Å². The fourth-order valence-corrected chi connectivity index (χ4v) is 7.51. The number of fused-ring (bicyclic) bond motifs is 4. The Morgan fingerprint density at radius 3 is 2.49 bits per heavy atom. The molecule has 1 atom stereocenters. The largest absolute Gasteiger partial charge is 0.497 e. The number of hydrogen-bond donors (Lipinski definition) is 0. The van der Waals surface area contributed by atoms with Crippen LogP contribution in [0.1, 0.15) is 40.3 Å². The summed E-state index contributed by atoms with van der Waals surface area (Å²) in [6, 6.07) is 38.7. The molecule has 0 saturated carbocycles. The average Bonchev–Trinajstić information content (AvgIpc) is 3.41. The molecule has 6 aromatic rings. The van der Waals surface area contributed by atoms with Gasteiger partial charge >= 0.3 is 0 Å². The van der Waals surface area contributed by atoms with E-state index >= 15 is 0 Å². The van der Waals surface area contributed by atoms with Crippen LogP contribution < -0.4 is 24.4 Å². The molecule has 1 aliphatic heterocycles. The Balaban J connectivity index is 1.33. The average molecular weight is 607 g/mol. The van der Waals surface area contributed by atoms with Gasteiger partial charge in [0.2, 0.25) is 0 Å². The third-order valence-electron chi connectivity index (χ3n) is 8.75. The molecule has 6 heteroatoms. The zero-order valence-corrected chi connectivity index (χ0v) is 25.6. The Kier molecular flexibility index (Phi) is 6.92. The maximum atomic E-state index is 14.5. The minimum atomic E-state index is -0.251. The molecule has 2 heterocycles. The summed E-state index contributed by atoms with van der Waals surface area (Å²) in [5, 5.41) is 2.13. The number of ether oxygens (including phenoxy) is 2. The molecule has 5 aromatic carbocycles. The smallest absolute Gasteiger partial charge is 0.271 e. The maximum absolute atomic E-state index is 14.5. The van der Waals surface area contributed by atoms with Crippen LogP contribution in [0.4, 0.5) is 0 Å². The first-order valence-corrected chi connectivity index (χ1v) is 15.9. The van der Waals surface area contributed by atoms with Gasteiger partial charge in [-0.25, -0.2) is 4.99 Å². The van der Waals surface area contributed by atoms with E-state index in [1.165, 1.54) is 22.5 Å². The van der Waals surface area contributed by atoms with Gasteiger partial charge in [0.15, 0.2) is 4.80 Å². The summed E-state index contributed by atoms with van der Waals surface area (Å²) >= 11 is 1.44. The van der Waals surface area contributed by atoms with Gasteiger partial charge in [-0.2, -0.15) is 0 Å². The number of aromatic nitrogens is 1. The van der Waals surface area contributed by atoms with Crippen molar-refractivity contribution in [1.29, 1.82) is 0 Å². The Hall–Kier alpha value is -5.20. The Morgan fingerprint density at radius 2 is 1.64 bits per heavy atom. The first-order valence-electron chi connectivity index (χ1n) is 15.1. The molecule has 0 amide bonds. The predicted octanol–water partition coefficient (Wildman–Crippen LogP) is 7.06. The molecule has 8 rings (SSSR count). The van der Waals surface area contributed by atoms with Gasteiger partial charge < -0.3 is 9.47 Å². The van der Waals surface area contributed by atoms with Crippen LogP contribution in [0.15, 0.2) is 131 Å². The van der Waals surface area contributed by atoms with Gasteiger partial charge in [-0.05, 0) is 70.2 Å². The number of aryl methyl sites for hydroxylation is 1. The first-order chi connectivity index (χ1) is 22.2. The Morgan fingerprint density at radius 1 is 0.867 bits per heavy atom. The minimum absolute atomic E-state index is 0.0491. The molecule has 0 spiro atoms. The summed E-state index contributed by atoms with van der Waals surface area (Å²) < 4.78 is 14.4. The maximum Gasteiger partial charge on any atom is 0.271 e. The zero-order valence-electron chi connectivity index (χ0n) is 24.8. The van der Waals surface area contributed by atoms with Crippen molar-refractivity contribution in [1.82, 2.24) is 4.57 Å². The van der Waals surface area contributed by atoms with Crippen molar-refractivity contribution in [3.8, 4) is 11.5 Å². The molecule has 0 unspecified atom stereocenters. The third kappa shape index (κ3) is 4.88. The van der Waals surface area contributed by atoms with Crippen LogP contribution >= 0.6 is 11.3 Å². The minimum Gasteiger partial charge on any atom is -0.497 e. The van der Waals surface area contributed by atoms with Gasteiger partial charge in [0, 0.05) is 11.1 Å². The molecule has 1 aromatic heterocycles. The van der Waals surface area contributed by atoms with Crippen molar-refractivity contribution in [3.63, 3.8) is 0 Å². The number of benzene rings is 5. The number of allylic oxidation sites excluding steroid dienone is 1. The van der Waals surface area contributed by atoms with Crippen molar-refractivity contribution in [2.45, 2.75) is 25.5 Å². The summed E-state index contributed by atoms with van der Waals surface area (Å²) in [4.78, 5) is 20.4. The Labute approximate surface area is 264 Å². The summed E-state index contributed by atoms with van der Waals surface area (Å²) in [7, 11) is 1.67. The van der Waals surface area contributed by atoms with Crippen molar-refractivity contribution < 1.29 is 9.47 Å². The molecular weight excluding hydrogens is 577 g/mol. The fraction of sp³-hybridized carbons (Fsp3) is 0.128. The molecule has 5 nitrogen and oxygen atoms in total. The second-order valence-corrected chi connectivity index (χ2v) is 12.4. The molecule has 0 bridgehead atoms. The van der Waals surface area contributed by atoms with E-state index in [2.05, 4.69) is 66.7 Å². The summed E-state index contributed by atoms with van der Waals surface area (Å²) in [5.74, 6) is 1.52. The van der Waals surface area contributed by atoms with Gasteiger partial charge in [0.05, 0.1) is 23.4 Å². The molecule has 0 N–H and O–H groups in total. The predicted molar refractivity (Wildman–Crippen MR) is 180 cm³/mol. The van der Waals surface area contributed by atoms with Crippen LogP contribution in [0, 0.1) is 0 Å². The summed E-state index contributed by atoms with van der Waals surface area (Å²) in [5.41, 5.74) is 7.58. The van der Waals surface area contributed by atoms with Crippen molar-refractivity contribution in [2.75, 3.05) is 7.11 Å². The van der Waals surface area contributed by atoms with E-state index in [-0.39, 0.29) is 11.6 Å². The zero-order chi connectivity index (χ0) is 30.3.